The number of hydrogen-bond donors (Lipinski definition) is 1. The van der Waals surface area contributed by atoms with E-state index in [1.165, 1.54) is 25.3 Å². The van der Waals surface area contributed by atoms with Crippen LogP contribution < -0.4 is 5.32 Å². The first-order valence-electron chi connectivity index (χ1n) is 7.35. The van der Waals surface area contributed by atoms with Crippen LogP contribution in [0.3, 0.4) is 0 Å². The van der Waals surface area contributed by atoms with Gasteiger partial charge in [0.05, 0.1) is 16.6 Å². The SMILES string of the molecule is N#Cc1ccc(NCCCN2CCCCC2)c([N+](=O)[O-])c1. The predicted octanol–water partition coefficient (Wildman–Crippen LogP) is 2.75. The van der Waals surface area contributed by atoms with Crippen LogP contribution in [0.25, 0.3) is 0 Å². The first kappa shape index (κ1) is 15.3. The number of rotatable bonds is 6. The van der Waals surface area contributed by atoms with E-state index in [1.54, 1.807) is 12.1 Å². The van der Waals surface area contributed by atoms with E-state index in [-0.39, 0.29) is 5.69 Å². The van der Waals surface area contributed by atoms with E-state index in [0.717, 1.165) is 26.1 Å². The van der Waals surface area contributed by atoms with Crippen molar-refractivity contribution >= 4 is 11.4 Å². The third-order valence-corrected chi connectivity index (χ3v) is 3.74. The van der Waals surface area contributed by atoms with Crippen molar-refractivity contribution in [2.24, 2.45) is 0 Å². The molecule has 1 heterocycles. The molecular formula is C15H20N4O2. The fourth-order valence-electron chi connectivity index (χ4n) is 2.61. The molecule has 0 aromatic heterocycles. The summed E-state index contributed by atoms with van der Waals surface area (Å²) in [5, 5.41) is 22.9. The minimum atomic E-state index is -0.451. The lowest BCUT2D eigenvalue weighted by molar-refractivity contribution is -0.384. The Morgan fingerprint density at radius 1 is 1.33 bits per heavy atom. The van der Waals surface area contributed by atoms with Crippen molar-refractivity contribution in [1.82, 2.24) is 4.90 Å². The highest BCUT2D eigenvalue weighted by molar-refractivity contribution is 5.63. The molecule has 1 fully saturated rings. The maximum atomic E-state index is 11.0. The van der Waals surface area contributed by atoms with Gasteiger partial charge in [0.2, 0.25) is 0 Å². The molecule has 0 radical (unpaired) electrons. The molecule has 1 aromatic carbocycles. The summed E-state index contributed by atoms with van der Waals surface area (Å²) in [5.41, 5.74) is 0.755. The number of anilines is 1. The Morgan fingerprint density at radius 2 is 2.10 bits per heavy atom. The number of benzene rings is 1. The van der Waals surface area contributed by atoms with E-state index < -0.39 is 4.92 Å². The van der Waals surface area contributed by atoms with Crippen molar-refractivity contribution in [3.05, 3.63) is 33.9 Å². The Bertz CT molecular complexity index is 533. The average molecular weight is 288 g/mol. The lowest BCUT2D eigenvalue weighted by Crippen LogP contribution is -2.31. The molecule has 0 spiro atoms. The second kappa shape index (κ2) is 7.60. The van der Waals surface area contributed by atoms with Gasteiger partial charge >= 0.3 is 0 Å². The molecule has 1 aliphatic rings. The Kier molecular flexibility index (Phi) is 5.52. The highest BCUT2D eigenvalue weighted by atomic mass is 16.6. The molecular weight excluding hydrogens is 268 g/mol. The van der Waals surface area contributed by atoms with Gasteiger partial charge < -0.3 is 10.2 Å². The van der Waals surface area contributed by atoms with Crippen LogP contribution in [0.15, 0.2) is 18.2 Å². The molecule has 21 heavy (non-hydrogen) atoms. The zero-order valence-corrected chi connectivity index (χ0v) is 12.0. The molecule has 1 N–H and O–H groups in total. The summed E-state index contributed by atoms with van der Waals surface area (Å²) >= 11 is 0. The average Bonchev–Trinajstić information content (AvgIpc) is 2.52. The summed E-state index contributed by atoms with van der Waals surface area (Å²) in [7, 11) is 0. The molecule has 112 valence electrons. The monoisotopic (exact) mass is 288 g/mol. The maximum absolute atomic E-state index is 11.0. The van der Waals surface area contributed by atoms with E-state index in [1.807, 2.05) is 6.07 Å². The van der Waals surface area contributed by atoms with Gasteiger partial charge in [-0.25, -0.2) is 0 Å². The summed E-state index contributed by atoms with van der Waals surface area (Å²) in [6.45, 7) is 4.05. The van der Waals surface area contributed by atoms with Gasteiger partial charge in [0.25, 0.3) is 5.69 Å². The largest absolute Gasteiger partial charge is 0.379 e. The molecule has 1 saturated heterocycles. The zero-order chi connectivity index (χ0) is 15.1. The second-order valence-corrected chi connectivity index (χ2v) is 5.28. The van der Waals surface area contributed by atoms with Gasteiger partial charge in [0, 0.05) is 12.6 Å². The van der Waals surface area contributed by atoms with Gasteiger partial charge in [-0.3, -0.25) is 10.1 Å². The third-order valence-electron chi connectivity index (χ3n) is 3.74. The van der Waals surface area contributed by atoms with Crippen molar-refractivity contribution in [2.75, 3.05) is 31.5 Å². The van der Waals surface area contributed by atoms with Gasteiger partial charge in [-0.15, -0.1) is 0 Å². The summed E-state index contributed by atoms with van der Waals surface area (Å²) < 4.78 is 0. The number of likely N-dealkylation sites (tertiary alicyclic amines) is 1. The van der Waals surface area contributed by atoms with Crippen LogP contribution in [0.1, 0.15) is 31.2 Å². The number of nitro benzene ring substituents is 1. The van der Waals surface area contributed by atoms with Crippen molar-refractivity contribution in [3.63, 3.8) is 0 Å². The zero-order valence-electron chi connectivity index (χ0n) is 12.0. The number of piperidine rings is 1. The Labute approximate surface area is 124 Å². The second-order valence-electron chi connectivity index (χ2n) is 5.28. The van der Waals surface area contributed by atoms with Crippen LogP contribution in [0, 0.1) is 21.4 Å². The summed E-state index contributed by atoms with van der Waals surface area (Å²) in [4.78, 5) is 13.0. The smallest absolute Gasteiger partial charge is 0.293 e. The van der Waals surface area contributed by atoms with Gasteiger partial charge in [-0.2, -0.15) is 5.26 Å². The fourth-order valence-corrected chi connectivity index (χ4v) is 2.61. The number of hydrogen-bond acceptors (Lipinski definition) is 5. The van der Waals surface area contributed by atoms with Gasteiger partial charge in [0.1, 0.15) is 5.69 Å². The quantitative estimate of drug-likeness (QED) is 0.494. The van der Waals surface area contributed by atoms with Gasteiger partial charge in [-0.1, -0.05) is 6.42 Å². The lowest BCUT2D eigenvalue weighted by Gasteiger charge is -2.26. The van der Waals surface area contributed by atoms with Crippen LogP contribution in [0.4, 0.5) is 11.4 Å². The summed E-state index contributed by atoms with van der Waals surface area (Å²) in [6, 6.07) is 6.44. The molecule has 6 nitrogen and oxygen atoms in total. The molecule has 0 amide bonds. The molecule has 0 atom stereocenters. The van der Waals surface area contributed by atoms with Gasteiger partial charge in [0.15, 0.2) is 0 Å². The molecule has 0 saturated carbocycles. The summed E-state index contributed by atoms with van der Waals surface area (Å²) in [5.74, 6) is 0. The predicted molar refractivity (Wildman–Crippen MR) is 81.2 cm³/mol. The highest BCUT2D eigenvalue weighted by Gasteiger charge is 2.14. The standard InChI is InChI=1S/C15H20N4O2/c16-12-13-5-6-14(15(11-13)19(20)21)17-7-4-10-18-8-2-1-3-9-18/h5-6,11,17H,1-4,7-10H2. The topological polar surface area (TPSA) is 82.2 Å². The lowest BCUT2D eigenvalue weighted by atomic mass is 10.1. The van der Waals surface area contributed by atoms with Crippen LogP contribution in [0.5, 0.6) is 0 Å². The molecule has 1 aliphatic heterocycles. The highest BCUT2D eigenvalue weighted by Crippen LogP contribution is 2.25. The van der Waals surface area contributed by atoms with Crippen molar-refractivity contribution in [3.8, 4) is 6.07 Å². The molecule has 2 rings (SSSR count). The van der Waals surface area contributed by atoms with Crippen LogP contribution in [-0.4, -0.2) is 36.0 Å². The van der Waals surface area contributed by atoms with Crippen LogP contribution >= 0.6 is 0 Å². The molecule has 6 heteroatoms. The molecule has 0 bridgehead atoms. The fraction of sp³-hybridized carbons (Fsp3) is 0.533. The normalized spacial score (nSPS) is 15.4. The Hall–Kier alpha value is -2.13. The minimum Gasteiger partial charge on any atom is -0.379 e. The van der Waals surface area contributed by atoms with Crippen LogP contribution in [-0.2, 0) is 0 Å². The summed E-state index contributed by atoms with van der Waals surface area (Å²) in [6.07, 6.45) is 4.83. The van der Waals surface area contributed by atoms with Crippen molar-refractivity contribution < 1.29 is 4.92 Å². The van der Waals surface area contributed by atoms with E-state index in [9.17, 15) is 10.1 Å². The van der Waals surface area contributed by atoms with E-state index >= 15 is 0 Å². The van der Waals surface area contributed by atoms with E-state index in [4.69, 9.17) is 5.26 Å². The molecule has 1 aromatic rings. The number of nitriles is 1. The number of nitrogens with one attached hydrogen (secondary N) is 1. The number of nitro groups is 1. The molecule has 0 unspecified atom stereocenters. The first-order chi connectivity index (χ1) is 10.2. The van der Waals surface area contributed by atoms with Crippen molar-refractivity contribution in [2.45, 2.75) is 25.7 Å². The number of nitrogens with zero attached hydrogens (tertiary/aromatic N) is 3. The molecule has 0 aliphatic carbocycles. The van der Waals surface area contributed by atoms with E-state index in [2.05, 4.69) is 10.2 Å². The van der Waals surface area contributed by atoms with Crippen molar-refractivity contribution in [1.29, 1.82) is 5.26 Å². The minimum absolute atomic E-state index is 0.0352. The van der Waals surface area contributed by atoms with Gasteiger partial charge in [-0.05, 0) is 51.0 Å². The maximum Gasteiger partial charge on any atom is 0.293 e. The third kappa shape index (κ3) is 4.43. The Morgan fingerprint density at radius 3 is 2.76 bits per heavy atom. The Balaban J connectivity index is 1.85. The van der Waals surface area contributed by atoms with E-state index in [0.29, 0.717) is 17.8 Å². The van der Waals surface area contributed by atoms with Crippen LogP contribution in [0.2, 0.25) is 0 Å². The first-order valence-corrected chi connectivity index (χ1v) is 7.35.